The van der Waals surface area contributed by atoms with Crippen LogP contribution in [-0.2, 0) is 11.8 Å². The van der Waals surface area contributed by atoms with Crippen LogP contribution in [0.3, 0.4) is 0 Å². The maximum absolute atomic E-state index is 12.5. The van der Waals surface area contributed by atoms with Crippen molar-refractivity contribution in [1.29, 1.82) is 0 Å². The van der Waals surface area contributed by atoms with Crippen molar-refractivity contribution in [3.8, 4) is 5.75 Å². The number of carbonyl (C=O) groups excluding carboxylic acids is 1. The number of aryl methyl sites for hydroxylation is 1. The fraction of sp³-hybridized carbons (Fsp3) is 0.394. The second-order valence-corrected chi connectivity index (χ2v) is 11.3. The van der Waals surface area contributed by atoms with Crippen LogP contribution in [0.2, 0.25) is 0 Å². The monoisotopic (exact) mass is 599 g/mol. The van der Waals surface area contributed by atoms with Gasteiger partial charge in [-0.15, -0.1) is 0 Å². The zero-order valence-electron chi connectivity index (χ0n) is 27.0. The Morgan fingerprint density at radius 1 is 1.16 bits per heavy atom. The minimum Gasteiger partial charge on any atom is -0.494 e. The van der Waals surface area contributed by atoms with Gasteiger partial charge < -0.3 is 20.3 Å². The van der Waals surface area contributed by atoms with E-state index in [1.54, 1.807) is 14.2 Å². The fourth-order valence-corrected chi connectivity index (χ4v) is 5.51. The number of fused-ring (bicyclic) bond motifs is 1. The largest absolute Gasteiger partial charge is 0.494 e. The molecule has 44 heavy (non-hydrogen) atoms. The molecule has 2 atom stereocenters. The molecule has 0 unspecified atom stereocenters. The van der Waals surface area contributed by atoms with E-state index >= 15 is 0 Å². The third kappa shape index (κ3) is 7.35. The number of nitrogens with one attached hydrogen (secondary N) is 2. The molecule has 1 saturated heterocycles. The van der Waals surface area contributed by atoms with Crippen LogP contribution in [-0.4, -0.2) is 105 Å². The lowest BCUT2D eigenvalue weighted by atomic mass is 10.1. The summed E-state index contributed by atoms with van der Waals surface area (Å²) in [5.74, 6) is 0.841. The lowest BCUT2D eigenvalue weighted by Gasteiger charge is -2.43. The molecule has 4 rings (SSSR count). The van der Waals surface area contributed by atoms with Gasteiger partial charge >= 0.3 is 0 Å². The van der Waals surface area contributed by atoms with Crippen LogP contribution in [0.4, 0.5) is 17.1 Å². The summed E-state index contributed by atoms with van der Waals surface area (Å²) in [5.41, 5.74) is 4.65. The third-order valence-corrected chi connectivity index (χ3v) is 8.35. The maximum Gasteiger partial charge on any atom is 0.247 e. The van der Waals surface area contributed by atoms with Crippen molar-refractivity contribution in [2.24, 2.45) is 17.0 Å². The van der Waals surface area contributed by atoms with Gasteiger partial charge in [-0.05, 0) is 51.9 Å². The van der Waals surface area contributed by atoms with E-state index in [2.05, 4.69) is 74.6 Å². The Labute approximate surface area is 260 Å². The molecule has 2 aromatic carbocycles. The highest BCUT2D eigenvalue weighted by Crippen LogP contribution is 2.37. The van der Waals surface area contributed by atoms with Gasteiger partial charge in [0.2, 0.25) is 5.91 Å². The highest BCUT2D eigenvalue weighted by Gasteiger charge is 2.26. The summed E-state index contributed by atoms with van der Waals surface area (Å²) in [6, 6.07) is 10.8. The minimum absolute atomic E-state index is 0.300. The van der Waals surface area contributed by atoms with Crippen molar-refractivity contribution in [2.45, 2.75) is 25.9 Å². The predicted molar refractivity (Wildman–Crippen MR) is 183 cm³/mol. The molecule has 1 fully saturated rings. The van der Waals surface area contributed by atoms with Crippen molar-refractivity contribution in [3.63, 3.8) is 0 Å². The summed E-state index contributed by atoms with van der Waals surface area (Å²) in [5, 5.41) is 11.7. The van der Waals surface area contributed by atoms with Crippen LogP contribution >= 0.6 is 0 Å². The number of benzene rings is 2. The molecular formula is C33H45N9O2. The Balaban J connectivity index is 1.60. The highest BCUT2D eigenvalue weighted by atomic mass is 16.5. The number of aromatic nitrogens is 2. The van der Waals surface area contributed by atoms with Gasteiger partial charge in [0.25, 0.3) is 0 Å². The summed E-state index contributed by atoms with van der Waals surface area (Å²) in [6.45, 7) is 15.7. The molecule has 0 bridgehead atoms. The summed E-state index contributed by atoms with van der Waals surface area (Å²) >= 11 is 0. The second-order valence-electron chi connectivity index (χ2n) is 11.3. The Bertz CT molecular complexity index is 1560. The van der Waals surface area contributed by atoms with E-state index in [1.807, 2.05) is 61.4 Å². The molecule has 1 aromatic heterocycles. The number of ether oxygens (including phenoxy) is 1. The van der Waals surface area contributed by atoms with Gasteiger partial charge in [-0.25, -0.2) is 0 Å². The first kappa shape index (κ1) is 32.4. The number of likely N-dealkylation sites (N-methyl/N-ethyl adjacent to an activating group) is 2. The zero-order chi connectivity index (χ0) is 32.0. The van der Waals surface area contributed by atoms with E-state index in [0.29, 0.717) is 40.7 Å². The van der Waals surface area contributed by atoms with Gasteiger partial charge in [0.05, 0.1) is 41.6 Å². The van der Waals surface area contributed by atoms with Crippen LogP contribution < -0.4 is 20.3 Å². The van der Waals surface area contributed by atoms with Gasteiger partial charge in [-0.1, -0.05) is 12.6 Å². The number of amides is 1. The van der Waals surface area contributed by atoms with Crippen LogP contribution in [0, 0.1) is 0 Å². The van der Waals surface area contributed by atoms with Gasteiger partial charge in [-0.2, -0.15) is 5.10 Å². The quantitative estimate of drug-likeness (QED) is 0.192. The van der Waals surface area contributed by atoms with E-state index < -0.39 is 0 Å². The summed E-state index contributed by atoms with van der Waals surface area (Å²) in [4.78, 5) is 28.3. The first-order valence-corrected chi connectivity index (χ1v) is 14.7. The molecule has 2 N–H and O–H groups in total. The smallest absolute Gasteiger partial charge is 0.247 e. The number of carbonyl (C=O) groups is 1. The second kappa shape index (κ2) is 14.3. The summed E-state index contributed by atoms with van der Waals surface area (Å²) in [7, 11) is 9.44. The predicted octanol–water partition coefficient (Wildman–Crippen LogP) is 4.35. The van der Waals surface area contributed by atoms with E-state index in [0.717, 1.165) is 48.3 Å². The summed E-state index contributed by atoms with van der Waals surface area (Å²) in [6.07, 6.45) is 4.91. The Hall–Kier alpha value is -4.48. The Morgan fingerprint density at radius 3 is 2.52 bits per heavy atom. The normalized spacial score (nSPS) is 18.2. The molecule has 234 valence electrons. The number of hydrogen-bond acceptors (Lipinski definition) is 8. The van der Waals surface area contributed by atoms with Gasteiger partial charge in [-0.3, -0.25) is 29.3 Å². The molecule has 1 aliphatic rings. The first-order valence-electron chi connectivity index (χ1n) is 14.7. The molecule has 0 saturated carbocycles. The Kier molecular flexibility index (Phi) is 10.6. The van der Waals surface area contributed by atoms with E-state index in [9.17, 15) is 4.79 Å². The third-order valence-electron chi connectivity index (χ3n) is 8.35. The molecule has 11 nitrogen and oxygen atoms in total. The highest BCUT2D eigenvalue weighted by molar-refractivity contribution is 6.10. The molecule has 11 heteroatoms. The molecule has 0 spiro atoms. The number of methoxy groups -OCH3 is 1. The number of hydrogen-bond donors (Lipinski definition) is 2. The molecule has 0 aliphatic carbocycles. The van der Waals surface area contributed by atoms with Crippen LogP contribution in [0.25, 0.3) is 16.6 Å². The minimum atomic E-state index is -0.300. The molecule has 3 aromatic rings. The molecule has 2 heterocycles. The maximum atomic E-state index is 12.5. The standard InChI is InChI=1S/C33H45N9O2/c1-10-33(43)38-27-16-28(31(44-9)18-30(27)39(6)13-14-42-20-22(2)40(7)23(3)21-42)37-32(35-5)17-26(34-4)24-11-12-29-25(15-24)19-36-41(29)8/h10-12,15-19,22-23H,1,4,13-14,20-21H2,2-3,5-9H3,(H,35,37)(H,38,43)/b26-17-/t22-,23+. The lowest BCUT2D eigenvalue weighted by molar-refractivity contribution is -0.111. The average molecular weight is 600 g/mol. The van der Waals surface area contributed by atoms with Crippen LogP contribution in [0.1, 0.15) is 19.4 Å². The van der Waals surface area contributed by atoms with Crippen LogP contribution in [0.5, 0.6) is 5.75 Å². The average Bonchev–Trinajstić information content (AvgIpc) is 3.39. The number of anilines is 3. The molecular weight excluding hydrogens is 554 g/mol. The number of nitrogens with zero attached hydrogens (tertiary/aromatic N) is 7. The van der Waals surface area contributed by atoms with Crippen molar-refractivity contribution < 1.29 is 9.53 Å². The topological polar surface area (TPSA) is 103 Å². The van der Waals surface area contributed by atoms with E-state index in [1.165, 1.54) is 6.08 Å². The number of piperazine rings is 1. The summed E-state index contributed by atoms with van der Waals surface area (Å²) < 4.78 is 7.64. The van der Waals surface area contributed by atoms with E-state index in [4.69, 9.17) is 4.74 Å². The molecule has 1 amide bonds. The van der Waals surface area contributed by atoms with Crippen molar-refractivity contribution in [3.05, 3.63) is 60.8 Å². The number of rotatable bonds is 11. The van der Waals surface area contributed by atoms with Crippen molar-refractivity contribution in [2.75, 3.05) is 70.0 Å². The zero-order valence-corrected chi connectivity index (χ0v) is 27.0. The first-order chi connectivity index (χ1) is 21.1. The SMILES string of the molecule is C=CC(=O)Nc1cc(NC(/C=C(\N=C)c2ccc3c(cnn3C)c2)=N/C)c(OC)cc1N(C)CCN1C[C@@H](C)N(C)[C@@H](C)C1. The van der Waals surface area contributed by atoms with Crippen molar-refractivity contribution in [1.82, 2.24) is 19.6 Å². The lowest BCUT2D eigenvalue weighted by Crippen LogP contribution is -2.55. The molecule has 1 aliphatic heterocycles. The van der Waals surface area contributed by atoms with Gasteiger partial charge in [0.15, 0.2) is 0 Å². The number of aliphatic imine (C=N–C) groups is 2. The van der Waals surface area contributed by atoms with Gasteiger partial charge in [0, 0.05) is 82.5 Å². The van der Waals surface area contributed by atoms with E-state index in [-0.39, 0.29) is 5.91 Å². The molecule has 0 radical (unpaired) electrons. The van der Waals surface area contributed by atoms with Crippen molar-refractivity contribution >= 4 is 52.1 Å². The van der Waals surface area contributed by atoms with Gasteiger partial charge in [0.1, 0.15) is 11.6 Å². The number of amidine groups is 1. The fourth-order valence-electron chi connectivity index (χ4n) is 5.51. The Morgan fingerprint density at radius 2 is 1.89 bits per heavy atom. The van der Waals surface area contributed by atoms with Crippen LogP contribution in [0.15, 0.2) is 65.2 Å².